The Kier molecular flexibility index (Phi) is 9.48. The minimum atomic E-state index is -0.970. The van der Waals surface area contributed by atoms with Crippen molar-refractivity contribution in [2.45, 2.75) is 37.3 Å². The molecular formula is C32H36ClN5O3S2. The molecule has 2 aromatic heterocycles. The molecule has 0 radical (unpaired) electrons. The Morgan fingerprint density at radius 1 is 1.14 bits per heavy atom. The summed E-state index contributed by atoms with van der Waals surface area (Å²) in [6.45, 7) is 4.52. The predicted molar refractivity (Wildman–Crippen MR) is 179 cm³/mol. The molecule has 1 aliphatic rings. The number of carboxylic acid groups (broad SMARTS) is 1. The molecule has 3 heterocycles. The first-order valence-corrected chi connectivity index (χ1v) is 16.5. The zero-order valence-corrected chi connectivity index (χ0v) is 27.4. The third-order valence-corrected chi connectivity index (χ3v) is 10.0. The quantitative estimate of drug-likeness (QED) is 0.236. The van der Waals surface area contributed by atoms with Crippen LogP contribution in [0.15, 0.2) is 52.0 Å². The Hall–Kier alpha value is -3.34. The van der Waals surface area contributed by atoms with Gasteiger partial charge in [-0.15, -0.1) is 23.5 Å². The highest BCUT2D eigenvalue weighted by Gasteiger charge is 2.27. The van der Waals surface area contributed by atoms with Crippen LogP contribution in [0.2, 0.25) is 5.02 Å². The van der Waals surface area contributed by atoms with Crippen LogP contribution in [0.1, 0.15) is 39.4 Å². The summed E-state index contributed by atoms with van der Waals surface area (Å²) in [4.78, 5) is 18.2. The van der Waals surface area contributed by atoms with Crippen molar-refractivity contribution >= 4 is 57.7 Å². The minimum Gasteiger partial charge on any atom is -0.494 e. The third-order valence-electron chi connectivity index (χ3n) is 7.67. The smallest absolute Gasteiger partial charge is 0.352 e. The summed E-state index contributed by atoms with van der Waals surface area (Å²) >= 11 is 10.3. The van der Waals surface area contributed by atoms with E-state index < -0.39 is 5.97 Å². The molecule has 0 saturated carbocycles. The van der Waals surface area contributed by atoms with Crippen molar-refractivity contribution in [1.82, 2.24) is 14.3 Å². The molecule has 0 spiro atoms. The van der Waals surface area contributed by atoms with Crippen LogP contribution in [-0.2, 0) is 26.3 Å². The number of aromatic carboxylic acids is 1. The Bertz CT molecular complexity index is 1770. The first kappa shape index (κ1) is 31.1. The van der Waals surface area contributed by atoms with E-state index in [4.69, 9.17) is 27.2 Å². The van der Waals surface area contributed by atoms with Crippen LogP contribution in [0.3, 0.4) is 0 Å². The van der Waals surface area contributed by atoms with Crippen LogP contribution in [0, 0.1) is 13.8 Å². The number of carboxylic acids is 1. The summed E-state index contributed by atoms with van der Waals surface area (Å²) in [5.41, 5.74) is 14.6. The van der Waals surface area contributed by atoms with Crippen molar-refractivity contribution in [3.8, 4) is 16.9 Å². The number of nitrogens with zero attached hydrogens (tertiary/aromatic N) is 4. The Balaban J connectivity index is 1.63. The lowest BCUT2D eigenvalue weighted by atomic mass is 9.98. The lowest BCUT2D eigenvalue weighted by Gasteiger charge is -2.12. The fourth-order valence-electron chi connectivity index (χ4n) is 5.64. The summed E-state index contributed by atoms with van der Waals surface area (Å²) in [6.07, 6.45) is 3.15. The zero-order valence-electron chi connectivity index (χ0n) is 25.0. The van der Waals surface area contributed by atoms with Crippen LogP contribution in [0.4, 0.5) is 0 Å². The van der Waals surface area contributed by atoms with Crippen molar-refractivity contribution < 1.29 is 14.6 Å². The molecule has 6 bridgehead atoms. The van der Waals surface area contributed by atoms with E-state index in [9.17, 15) is 9.90 Å². The second kappa shape index (κ2) is 13.1. The Labute approximate surface area is 265 Å². The summed E-state index contributed by atoms with van der Waals surface area (Å²) in [5, 5.41) is 16.6. The molecule has 0 fully saturated rings. The number of rotatable bonds is 1. The Morgan fingerprint density at radius 3 is 2.67 bits per heavy atom. The van der Waals surface area contributed by atoms with Crippen molar-refractivity contribution in [2.75, 3.05) is 25.2 Å². The van der Waals surface area contributed by atoms with Gasteiger partial charge >= 0.3 is 5.97 Å². The van der Waals surface area contributed by atoms with Crippen LogP contribution >= 0.6 is 35.1 Å². The average molecular weight is 638 g/mol. The number of hydrogen-bond donors (Lipinski definition) is 2. The number of thioether (sulfide) groups is 2. The maximum atomic E-state index is 12.6. The number of ether oxygens (including phenoxy) is 1. The Morgan fingerprint density at radius 2 is 1.93 bits per heavy atom. The van der Waals surface area contributed by atoms with E-state index in [0.29, 0.717) is 41.7 Å². The molecule has 0 aliphatic carbocycles. The van der Waals surface area contributed by atoms with Gasteiger partial charge in [-0.05, 0) is 68.2 Å². The molecule has 0 atom stereocenters. The monoisotopic (exact) mass is 637 g/mol. The highest BCUT2D eigenvalue weighted by molar-refractivity contribution is 8.00. The van der Waals surface area contributed by atoms with E-state index in [0.717, 1.165) is 66.6 Å². The van der Waals surface area contributed by atoms with Gasteiger partial charge in [-0.25, -0.2) is 4.79 Å². The van der Waals surface area contributed by atoms with Gasteiger partial charge in [0.25, 0.3) is 0 Å². The van der Waals surface area contributed by atoms with Crippen LogP contribution in [0.25, 0.3) is 22.0 Å². The normalized spacial score (nSPS) is 16.0. The van der Waals surface area contributed by atoms with E-state index in [1.54, 1.807) is 42.2 Å². The zero-order chi connectivity index (χ0) is 30.8. The number of aryl methyl sites for hydroxylation is 4. The van der Waals surface area contributed by atoms with Gasteiger partial charge in [-0.1, -0.05) is 17.7 Å². The number of benzene rings is 2. The summed E-state index contributed by atoms with van der Waals surface area (Å²) in [6, 6.07) is 9.99. The molecular weight excluding hydrogens is 602 g/mol. The molecule has 2 aromatic carbocycles. The van der Waals surface area contributed by atoms with Crippen molar-refractivity contribution in [3.63, 3.8) is 0 Å². The first-order chi connectivity index (χ1) is 20.6. The molecule has 0 amide bonds. The maximum Gasteiger partial charge on any atom is 0.352 e. The molecule has 1 aliphatic heterocycles. The number of halogens is 1. The first-order valence-electron chi connectivity index (χ1n) is 14.0. The predicted octanol–water partition coefficient (Wildman–Crippen LogP) is 6.81. The van der Waals surface area contributed by atoms with Crippen molar-refractivity contribution in [3.05, 3.63) is 75.3 Å². The fraction of sp³-hybridized carbons (Fsp3) is 0.344. The number of hydrogen-bond acceptors (Lipinski definition) is 7. The molecule has 0 saturated heterocycles. The molecule has 3 N–H and O–H groups in total. The molecule has 43 heavy (non-hydrogen) atoms. The molecule has 5 rings (SSSR count). The molecule has 11 heteroatoms. The number of allylic oxidation sites excluding steroid dienone is 1. The lowest BCUT2D eigenvalue weighted by Crippen LogP contribution is -2.09. The van der Waals surface area contributed by atoms with Gasteiger partial charge < -0.3 is 20.1 Å². The molecule has 226 valence electrons. The largest absolute Gasteiger partial charge is 0.494 e. The van der Waals surface area contributed by atoms with Crippen LogP contribution in [-0.4, -0.2) is 56.3 Å². The lowest BCUT2D eigenvalue weighted by molar-refractivity contribution is 0.0685. The number of aromatic nitrogens is 3. The SMILES string of the molecule is CN=C1C=C(N)CSCc2nn(C)c(C)c2-c2c(Cl)ccc3c(c(C(=O)O)n(C)c23)CCCOc2cc(C)cc(c2)SC1. The van der Waals surface area contributed by atoms with Crippen molar-refractivity contribution in [1.29, 1.82) is 0 Å². The molecule has 0 unspecified atom stereocenters. The van der Waals surface area contributed by atoms with Gasteiger partial charge in [0.1, 0.15) is 11.4 Å². The molecule has 4 aromatic rings. The number of carbonyl (C=O) groups is 1. The van der Waals surface area contributed by atoms with Gasteiger partial charge in [0.2, 0.25) is 0 Å². The van der Waals surface area contributed by atoms with Gasteiger partial charge in [-0.2, -0.15) is 5.10 Å². The second-order valence-electron chi connectivity index (χ2n) is 10.7. The average Bonchev–Trinajstić information content (AvgIpc) is 3.40. The van der Waals surface area contributed by atoms with Gasteiger partial charge in [0.05, 0.1) is 22.8 Å². The topological polar surface area (TPSA) is 108 Å². The summed E-state index contributed by atoms with van der Waals surface area (Å²) in [7, 11) is 5.50. The van der Waals surface area contributed by atoms with Gasteiger partial charge in [0, 0.05) is 76.9 Å². The van der Waals surface area contributed by atoms with E-state index in [1.165, 1.54) is 0 Å². The standard InChI is InChI=1S/C32H36ClN5O3S2/c1-18-11-22-14-23(12-18)43-16-21(35-3)13-20(34)15-42-17-27-28(19(2)38(5)36-27)29-26(33)9-8-25-24(7-6-10-41-22)31(32(39)40)37(4)30(25)29/h8-9,11-14H,6-7,10,15-17,34H2,1-5H3,(H,39,40). The van der Waals surface area contributed by atoms with Crippen LogP contribution < -0.4 is 10.5 Å². The highest BCUT2D eigenvalue weighted by atomic mass is 35.5. The van der Waals surface area contributed by atoms with Crippen LogP contribution in [0.5, 0.6) is 5.75 Å². The van der Waals surface area contributed by atoms with Gasteiger partial charge in [0.15, 0.2) is 0 Å². The second-order valence-corrected chi connectivity index (χ2v) is 13.1. The van der Waals surface area contributed by atoms with E-state index >= 15 is 0 Å². The van der Waals surface area contributed by atoms with E-state index in [-0.39, 0.29) is 5.69 Å². The number of nitrogens with two attached hydrogens (primary N) is 1. The maximum absolute atomic E-state index is 12.6. The summed E-state index contributed by atoms with van der Waals surface area (Å²) in [5.74, 6) is 1.72. The molecule has 8 nitrogen and oxygen atoms in total. The number of fused-ring (bicyclic) bond motifs is 4. The van der Waals surface area contributed by atoms with E-state index in [1.807, 2.05) is 49.0 Å². The van der Waals surface area contributed by atoms with Gasteiger partial charge in [-0.3, -0.25) is 9.67 Å². The number of aliphatic imine (C=N–C) groups is 1. The van der Waals surface area contributed by atoms with E-state index in [2.05, 4.69) is 18.0 Å². The highest BCUT2D eigenvalue weighted by Crippen LogP contribution is 2.42. The minimum absolute atomic E-state index is 0.263. The summed E-state index contributed by atoms with van der Waals surface area (Å²) < 4.78 is 9.79. The third kappa shape index (κ3) is 6.46. The van der Waals surface area contributed by atoms with Crippen molar-refractivity contribution in [2.24, 2.45) is 24.8 Å². The fourth-order valence-corrected chi connectivity index (χ4v) is 7.69.